The monoisotopic (exact) mass is 389 g/mol. The van der Waals surface area contributed by atoms with Crippen LogP contribution in [0.3, 0.4) is 0 Å². The Morgan fingerprint density at radius 2 is 1.89 bits per heavy atom. The summed E-state index contributed by atoms with van der Waals surface area (Å²) in [6, 6.07) is 6.06. The molecular weight excluding hydrogens is 362 g/mol. The molecule has 0 aliphatic rings. The Kier molecular flexibility index (Phi) is 7.36. The molecule has 0 aliphatic carbocycles. The van der Waals surface area contributed by atoms with E-state index in [9.17, 15) is 9.59 Å². The minimum atomic E-state index is -0.109. The summed E-state index contributed by atoms with van der Waals surface area (Å²) < 4.78 is 5.75. The Balaban J connectivity index is 1.80. The lowest BCUT2D eigenvalue weighted by Gasteiger charge is -2.17. The van der Waals surface area contributed by atoms with Crippen LogP contribution in [0.25, 0.3) is 0 Å². The number of ether oxygens (including phenoxy) is 1. The van der Waals surface area contributed by atoms with Gasteiger partial charge in [0.05, 0.1) is 18.7 Å². The predicted octanol–water partition coefficient (Wildman–Crippen LogP) is 3.43. The molecule has 0 fully saturated rings. The number of carbonyl (C=O) groups is 2. The number of likely N-dealkylation sites (N-methyl/N-ethyl adjacent to an activating group) is 1. The zero-order valence-corrected chi connectivity index (χ0v) is 17.4. The van der Waals surface area contributed by atoms with E-state index in [1.54, 1.807) is 17.3 Å². The lowest BCUT2D eigenvalue weighted by molar-refractivity contribution is -0.129. The zero-order chi connectivity index (χ0) is 20.0. The van der Waals surface area contributed by atoms with Crippen molar-refractivity contribution in [3.63, 3.8) is 0 Å². The zero-order valence-electron chi connectivity index (χ0n) is 16.5. The standard InChI is InChI=1S/C20H27N3O3S/c1-13(2)19(25)22-20-21-16(12-27-20)11-18(24)23(5)6-7-26-17-9-14(3)8-15(4)10-17/h8-10,12-13H,6-7,11H2,1-5H3,(H,21,22,25). The molecule has 0 saturated heterocycles. The van der Waals surface area contributed by atoms with Crippen molar-refractivity contribution in [2.45, 2.75) is 34.1 Å². The fourth-order valence-corrected chi connectivity index (χ4v) is 3.14. The lowest BCUT2D eigenvalue weighted by atomic mass is 10.1. The van der Waals surface area contributed by atoms with Crippen LogP contribution < -0.4 is 10.1 Å². The van der Waals surface area contributed by atoms with Crippen molar-refractivity contribution in [2.24, 2.45) is 5.92 Å². The predicted molar refractivity (Wildman–Crippen MR) is 108 cm³/mol. The van der Waals surface area contributed by atoms with Gasteiger partial charge in [0, 0.05) is 18.3 Å². The Hall–Kier alpha value is -2.41. The molecule has 0 radical (unpaired) electrons. The number of anilines is 1. The Bertz CT molecular complexity index is 781. The molecule has 6 nitrogen and oxygen atoms in total. The highest BCUT2D eigenvalue weighted by Gasteiger charge is 2.14. The molecule has 0 unspecified atom stereocenters. The second kappa shape index (κ2) is 9.50. The van der Waals surface area contributed by atoms with Gasteiger partial charge in [-0.3, -0.25) is 9.59 Å². The van der Waals surface area contributed by atoms with Crippen LogP contribution in [0.5, 0.6) is 5.75 Å². The molecule has 146 valence electrons. The van der Waals surface area contributed by atoms with Gasteiger partial charge < -0.3 is 15.0 Å². The summed E-state index contributed by atoms with van der Waals surface area (Å²) >= 11 is 1.33. The average Bonchev–Trinajstić information content (AvgIpc) is 3.00. The van der Waals surface area contributed by atoms with Crippen LogP contribution >= 0.6 is 11.3 Å². The highest BCUT2D eigenvalue weighted by molar-refractivity contribution is 7.13. The second-order valence-corrected chi connectivity index (χ2v) is 7.81. The molecule has 7 heteroatoms. The molecule has 2 amide bonds. The van der Waals surface area contributed by atoms with Gasteiger partial charge in [0.25, 0.3) is 0 Å². The first kappa shape index (κ1) is 20.9. The third kappa shape index (κ3) is 6.67. The number of amides is 2. The summed E-state index contributed by atoms with van der Waals surface area (Å²) in [5, 5.41) is 5.07. The molecule has 2 aromatic rings. The minimum Gasteiger partial charge on any atom is -0.492 e. The number of hydrogen-bond acceptors (Lipinski definition) is 5. The van der Waals surface area contributed by atoms with Crippen molar-refractivity contribution >= 4 is 28.3 Å². The number of nitrogens with zero attached hydrogens (tertiary/aromatic N) is 2. The Labute approximate surface area is 164 Å². The topological polar surface area (TPSA) is 71.5 Å². The Morgan fingerprint density at radius 3 is 2.52 bits per heavy atom. The summed E-state index contributed by atoms with van der Waals surface area (Å²) in [7, 11) is 1.75. The normalized spacial score (nSPS) is 10.7. The van der Waals surface area contributed by atoms with Gasteiger partial charge in [-0.2, -0.15) is 0 Å². The van der Waals surface area contributed by atoms with E-state index in [-0.39, 0.29) is 24.2 Å². The molecule has 0 saturated carbocycles. The van der Waals surface area contributed by atoms with E-state index in [1.807, 2.05) is 39.8 Å². The van der Waals surface area contributed by atoms with Crippen LogP contribution in [-0.4, -0.2) is 41.9 Å². The summed E-state index contributed by atoms with van der Waals surface area (Å²) in [5.41, 5.74) is 2.96. The first-order valence-corrected chi connectivity index (χ1v) is 9.83. The number of aryl methyl sites for hydroxylation is 2. The van der Waals surface area contributed by atoms with E-state index in [0.29, 0.717) is 24.0 Å². The van der Waals surface area contributed by atoms with Crippen LogP contribution in [0.2, 0.25) is 0 Å². The first-order chi connectivity index (χ1) is 12.7. The van der Waals surface area contributed by atoms with Gasteiger partial charge in [-0.25, -0.2) is 4.98 Å². The van der Waals surface area contributed by atoms with Gasteiger partial charge in [0.15, 0.2) is 5.13 Å². The van der Waals surface area contributed by atoms with Gasteiger partial charge in [0.2, 0.25) is 11.8 Å². The van der Waals surface area contributed by atoms with Crippen molar-refractivity contribution in [1.29, 1.82) is 0 Å². The molecule has 0 bridgehead atoms. The van der Waals surface area contributed by atoms with Crippen LogP contribution in [0, 0.1) is 19.8 Å². The highest BCUT2D eigenvalue weighted by atomic mass is 32.1. The number of benzene rings is 1. The molecular formula is C20H27N3O3S. The molecule has 0 aliphatic heterocycles. The van der Waals surface area contributed by atoms with Crippen molar-refractivity contribution in [3.05, 3.63) is 40.4 Å². The number of thiazole rings is 1. The summed E-state index contributed by atoms with van der Waals surface area (Å²) in [4.78, 5) is 30.0. The number of nitrogens with one attached hydrogen (secondary N) is 1. The number of hydrogen-bond donors (Lipinski definition) is 1. The molecule has 27 heavy (non-hydrogen) atoms. The second-order valence-electron chi connectivity index (χ2n) is 6.95. The van der Waals surface area contributed by atoms with Crippen molar-refractivity contribution in [2.75, 3.05) is 25.5 Å². The molecule has 0 atom stereocenters. The third-order valence-corrected chi connectivity index (χ3v) is 4.76. The number of aromatic nitrogens is 1. The third-order valence-electron chi connectivity index (χ3n) is 3.95. The van der Waals surface area contributed by atoms with Crippen LogP contribution in [0.4, 0.5) is 5.13 Å². The van der Waals surface area contributed by atoms with Crippen molar-refractivity contribution in [1.82, 2.24) is 9.88 Å². The largest absolute Gasteiger partial charge is 0.492 e. The summed E-state index contributed by atoms with van der Waals surface area (Å²) in [6.45, 7) is 8.62. The number of rotatable bonds is 8. The smallest absolute Gasteiger partial charge is 0.228 e. The molecule has 2 rings (SSSR count). The molecule has 1 heterocycles. The maximum Gasteiger partial charge on any atom is 0.228 e. The van der Waals surface area contributed by atoms with Gasteiger partial charge in [-0.05, 0) is 37.1 Å². The van der Waals surface area contributed by atoms with Gasteiger partial charge in [-0.1, -0.05) is 19.9 Å². The van der Waals surface area contributed by atoms with E-state index in [1.165, 1.54) is 11.3 Å². The maximum atomic E-state index is 12.4. The fourth-order valence-electron chi connectivity index (χ4n) is 2.43. The SMILES string of the molecule is Cc1cc(C)cc(OCCN(C)C(=O)Cc2csc(NC(=O)C(C)C)n2)c1. The quantitative estimate of drug-likeness (QED) is 0.751. The van der Waals surface area contributed by atoms with E-state index < -0.39 is 0 Å². The fraction of sp³-hybridized carbons (Fsp3) is 0.450. The summed E-state index contributed by atoms with van der Waals surface area (Å²) in [6.07, 6.45) is 0.202. The number of carbonyl (C=O) groups excluding carboxylic acids is 2. The van der Waals surface area contributed by atoms with E-state index in [0.717, 1.165) is 16.9 Å². The molecule has 1 aromatic heterocycles. The average molecular weight is 390 g/mol. The highest BCUT2D eigenvalue weighted by Crippen LogP contribution is 2.18. The van der Waals surface area contributed by atoms with Crippen LogP contribution in [0.1, 0.15) is 30.7 Å². The summed E-state index contributed by atoms with van der Waals surface area (Å²) in [5.74, 6) is 0.592. The maximum absolute atomic E-state index is 12.4. The minimum absolute atomic E-state index is 0.0361. The van der Waals surface area contributed by atoms with Crippen LogP contribution in [0.15, 0.2) is 23.6 Å². The first-order valence-electron chi connectivity index (χ1n) is 8.95. The van der Waals surface area contributed by atoms with Gasteiger partial charge in [0.1, 0.15) is 12.4 Å². The van der Waals surface area contributed by atoms with E-state index in [4.69, 9.17) is 4.74 Å². The van der Waals surface area contributed by atoms with Gasteiger partial charge >= 0.3 is 0 Å². The lowest BCUT2D eigenvalue weighted by Crippen LogP contribution is -2.32. The molecule has 1 N–H and O–H groups in total. The van der Waals surface area contributed by atoms with Gasteiger partial charge in [-0.15, -0.1) is 11.3 Å². The molecule has 1 aromatic carbocycles. The van der Waals surface area contributed by atoms with Crippen molar-refractivity contribution in [3.8, 4) is 5.75 Å². The Morgan fingerprint density at radius 1 is 1.22 bits per heavy atom. The van der Waals surface area contributed by atoms with E-state index >= 15 is 0 Å². The molecule has 0 spiro atoms. The van der Waals surface area contributed by atoms with E-state index in [2.05, 4.69) is 16.4 Å². The van der Waals surface area contributed by atoms with Crippen LogP contribution in [-0.2, 0) is 16.0 Å². The van der Waals surface area contributed by atoms with Crippen molar-refractivity contribution < 1.29 is 14.3 Å².